The van der Waals surface area contributed by atoms with Gasteiger partial charge in [-0.05, 0) is 37.3 Å². The van der Waals surface area contributed by atoms with Crippen molar-refractivity contribution in [2.75, 3.05) is 24.6 Å². The smallest absolute Gasteiger partial charge is 0.254 e. The molecule has 0 radical (unpaired) electrons. The highest BCUT2D eigenvalue weighted by Crippen LogP contribution is 2.31. The molecule has 2 heterocycles. The minimum atomic E-state index is -0.279. The minimum Gasteiger partial charge on any atom is -0.486 e. The van der Waals surface area contributed by atoms with Crippen molar-refractivity contribution >= 4 is 23.4 Å². The van der Waals surface area contributed by atoms with E-state index in [1.54, 1.807) is 29.2 Å². The van der Waals surface area contributed by atoms with Crippen molar-refractivity contribution in [1.29, 1.82) is 0 Å². The fraction of sp³-hybridized carbons (Fsp3) is 0.318. The summed E-state index contributed by atoms with van der Waals surface area (Å²) in [5, 5.41) is 0. The van der Waals surface area contributed by atoms with Gasteiger partial charge in [0.2, 0.25) is 11.8 Å². The second-order valence-electron chi connectivity index (χ2n) is 7.01. The van der Waals surface area contributed by atoms with Gasteiger partial charge in [-0.25, -0.2) is 0 Å². The first-order valence-electron chi connectivity index (χ1n) is 9.70. The van der Waals surface area contributed by atoms with Gasteiger partial charge in [-0.2, -0.15) is 0 Å². The predicted octanol–water partition coefficient (Wildman–Crippen LogP) is 2.64. The standard InChI is InChI=1S/C22H22N2O5/c1-2-23(13-17-14-28-18-8-3-4-9-19(18)29-17)22(27)15-6-5-7-16(12-15)24-20(25)10-11-21(24)26/h3-9,12,17H,2,10-11,13-14H2,1H3. The molecule has 7 nitrogen and oxygen atoms in total. The third-order valence-electron chi connectivity index (χ3n) is 5.06. The third-order valence-corrected chi connectivity index (χ3v) is 5.06. The molecule has 7 heteroatoms. The van der Waals surface area contributed by atoms with Gasteiger partial charge in [0, 0.05) is 24.9 Å². The first-order chi connectivity index (χ1) is 14.1. The Labute approximate surface area is 168 Å². The highest BCUT2D eigenvalue weighted by Gasteiger charge is 2.31. The number of anilines is 1. The van der Waals surface area contributed by atoms with E-state index < -0.39 is 0 Å². The number of carbonyl (C=O) groups is 3. The summed E-state index contributed by atoms with van der Waals surface area (Å²) < 4.78 is 11.7. The Balaban J connectivity index is 1.49. The van der Waals surface area contributed by atoms with E-state index in [2.05, 4.69) is 0 Å². The van der Waals surface area contributed by atoms with Crippen LogP contribution in [0.15, 0.2) is 48.5 Å². The molecule has 0 aliphatic carbocycles. The van der Waals surface area contributed by atoms with Crippen molar-refractivity contribution in [3.05, 3.63) is 54.1 Å². The van der Waals surface area contributed by atoms with Crippen LogP contribution in [0.1, 0.15) is 30.1 Å². The maximum atomic E-state index is 13.1. The summed E-state index contributed by atoms with van der Waals surface area (Å²) in [4.78, 5) is 39.9. The second-order valence-corrected chi connectivity index (χ2v) is 7.01. The number of carbonyl (C=O) groups excluding carboxylic acids is 3. The molecule has 1 fully saturated rings. The first kappa shape index (κ1) is 19.0. The topological polar surface area (TPSA) is 76.2 Å². The van der Waals surface area contributed by atoms with Crippen molar-refractivity contribution < 1.29 is 23.9 Å². The largest absolute Gasteiger partial charge is 0.486 e. The number of ether oxygens (including phenoxy) is 2. The Morgan fingerprint density at radius 1 is 1.07 bits per heavy atom. The molecule has 2 aliphatic rings. The van der Waals surface area contributed by atoms with Crippen LogP contribution in [0.4, 0.5) is 5.69 Å². The van der Waals surface area contributed by atoms with E-state index >= 15 is 0 Å². The van der Waals surface area contributed by atoms with Gasteiger partial charge in [-0.15, -0.1) is 0 Å². The first-order valence-corrected chi connectivity index (χ1v) is 9.70. The zero-order valence-electron chi connectivity index (χ0n) is 16.2. The summed E-state index contributed by atoms with van der Waals surface area (Å²) in [5.41, 5.74) is 0.861. The van der Waals surface area contributed by atoms with Gasteiger partial charge in [0.05, 0.1) is 12.2 Å². The molecule has 1 saturated heterocycles. The lowest BCUT2D eigenvalue weighted by atomic mass is 10.1. The average molecular weight is 394 g/mol. The number of benzene rings is 2. The molecule has 2 aromatic carbocycles. The quantitative estimate of drug-likeness (QED) is 0.729. The number of amides is 3. The molecule has 4 rings (SSSR count). The van der Waals surface area contributed by atoms with E-state index in [0.29, 0.717) is 42.4 Å². The lowest BCUT2D eigenvalue weighted by Gasteiger charge is -2.31. The maximum Gasteiger partial charge on any atom is 0.254 e. The summed E-state index contributed by atoms with van der Waals surface area (Å²) in [6, 6.07) is 14.1. The summed E-state index contributed by atoms with van der Waals surface area (Å²) in [5.74, 6) is 0.707. The van der Waals surface area contributed by atoms with Crippen molar-refractivity contribution in [1.82, 2.24) is 4.90 Å². The van der Waals surface area contributed by atoms with Gasteiger partial charge in [0.1, 0.15) is 6.61 Å². The molecule has 0 aromatic heterocycles. The number of fused-ring (bicyclic) bond motifs is 1. The third kappa shape index (κ3) is 3.81. The summed E-state index contributed by atoms with van der Waals surface area (Å²) >= 11 is 0. The monoisotopic (exact) mass is 394 g/mol. The number of imide groups is 1. The average Bonchev–Trinajstić information content (AvgIpc) is 3.09. The fourth-order valence-corrected chi connectivity index (χ4v) is 3.58. The number of hydrogen-bond donors (Lipinski definition) is 0. The van der Waals surface area contributed by atoms with Crippen LogP contribution in [0.3, 0.4) is 0 Å². The molecule has 2 aromatic rings. The Hall–Kier alpha value is -3.35. The van der Waals surface area contributed by atoms with Crippen LogP contribution in [0.2, 0.25) is 0 Å². The zero-order chi connectivity index (χ0) is 20.4. The zero-order valence-corrected chi connectivity index (χ0v) is 16.2. The normalized spacial score (nSPS) is 18.1. The Kier molecular flexibility index (Phi) is 5.20. The van der Waals surface area contributed by atoms with E-state index in [0.717, 1.165) is 4.90 Å². The van der Waals surface area contributed by atoms with Crippen LogP contribution in [-0.4, -0.2) is 48.4 Å². The molecule has 150 valence electrons. The SMILES string of the molecule is CCN(CC1COc2ccccc2O1)C(=O)c1cccc(N2C(=O)CCC2=O)c1. The molecule has 1 atom stereocenters. The highest BCUT2D eigenvalue weighted by molar-refractivity contribution is 6.20. The van der Waals surface area contributed by atoms with Gasteiger partial charge in [-0.1, -0.05) is 18.2 Å². The molecule has 0 spiro atoms. The molecule has 29 heavy (non-hydrogen) atoms. The van der Waals surface area contributed by atoms with Gasteiger partial charge in [0.15, 0.2) is 17.6 Å². The van der Waals surface area contributed by atoms with Crippen LogP contribution in [0.25, 0.3) is 0 Å². The van der Waals surface area contributed by atoms with Gasteiger partial charge in [0.25, 0.3) is 5.91 Å². The number of likely N-dealkylation sites (N-methyl/N-ethyl adjacent to an activating group) is 1. The van der Waals surface area contributed by atoms with E-state index in [-0.39, 0.29) is 36.7 Å². The van der Waals surface area contributed by atoms with E-state index in [1.807, 2.05) is 31.2 Å². The number of hydrogen-bond acceptors (Lipinski definition) is 5. The predicted molar refractivity (Wildman–Crippen MR) is 106 cm³/mol. The van der Waals surface area contributed by atoms with Gasteiger partial charge < -0.3 is 14.4 Å². The Morgan fingerprint density at radius 2 is 1.79 bits per heavy atom. The molecule has 0 bridgehead atoms. The minimum absolute atomic E-state index is 0.184. The maximum absolute atomic E-state index is 13.1. The molecule has 0 N–H and O–H groups in total. The molecule has 3 amide bonds. The van der Waals surface area contributed by atoms with Crippen molar-refractivity contribution in [3.8, 4) is 11.5 Å². The van der Waals surface area contributed by atoms with E-state index in [4.69, 9.17) is 9.47 Å². The lowest BCUT2D eigenvalue weighted by Crippen LogP contribution is -2.43. The van der Waals surface area contributed by atoms with Crippen LogP contribution in [0, 0.1) is 0 Å². The van der Waals surface area contributed by atoms with E-state index in [9.17, 15) is 14.4 Å². The Morgan fingerprint density at radius 3 is 2.52 bits per heavy atom. The van der Waals surface area contributed by atoms with Crippen molar-refractivity contribution in [2.24, 2.45) is 0 Å². The molecule has 2 aliphatic heterocycles. The van der Waals surface area contributed by atoms with Gasteiger partial charge in [-0.3, -0.25) is 19.3 Å². The Bertz CT molecular complexity index is 942. The molecular formula is C22H22N2O5. The van der Waals surface area contributed by atoms with Crippen LogP contribution >= 0.6 is 0 Å². The van der Waals surface area contributed by atoms with Crippen LogP contribution in [-0.2, 0) is 9.59 Å². The number of rotatable bonds is 5. The van der Waals surface area contributed by atoms with Gasteiger partial charge >= 0.3 is 0 Å². The van der Waals surface area contributed by atoms with Crippen LogP contribution < -0.4 is 14.4 Å². The molecule has 1 unspecified atom stereocenters. The molecule has 0 saturated carbocycles. The highest BCUT2D eigenvalue weighted by atomic mass is 16.6. The van der Waals surface area contributed by atoms with Crippen molar-refractivity contribution in [2.45, 2.75) is 25.9 Å². The van der Waals surface area contributed by atoms with E-state index in [1.165, 1.54) is 0 Å². The summed E-state index contributed by atoms with van der Waals surface area (Å²) in [6.45, 7) is 3.12. The molecular weight excluding hydrogens is 372 g/mol. The summed E-state index contributed by atoms with van der Waals surface area (Å²) in [7, 11) is 0. The lowest BCUT2D eigenvalue weighted by molar-refractivity contribution is -0.121. The number of nitrogens with zero attached hydrogens (tertiary/aromatic N) is 2. The van der Waals surface area contributed by atoms with Crippen LogP contribution in [0.5, 0.6) is 11.5 Å². The number of para-hydroxylation sites is 2. The van der Waals surface area contributed by atoms with Crippen molar-refractivity contribution in [3.63, 3.8) is 0 Å². The summed E-state index contributed by atoms with van der Waals surface area (Å²) in [6.07, 6.45) is 0.135. The second kappa shape index (κ2) is 7.95. The fourth-order valence-electron chi connectivity index (χ4n) is 3.58.